The second-order valence-electron chi connectivity index (χ2n) is 7.95. The fourth-order valence-electron chi connectivity index (χ4n) is 4.65. The Kier molecular flexibility index (Phi) is 3.53. The number of amides is 2. The first kappa shape index (κ1) is 16.6. The SMILES string of the molecule is CC(C)NC(=O)C1C2C(=O)N(Cc3ccc4c(c3)OCO4)CC23C=C[C@H]1O3. The Balaban J connectivity index is 1.38. The number of ether oxygens (including phenoxy) is 3. The van der Waals surface area contributed by atoms with Crippen LogP contribution in [0.5, 0.6) is 11.5 Å². The molecule has 2 amide bonds. The highest BCUT2D eigenvalue weighted by molar-refractivity contribution is 5.93. The van der Waals surface area contributed by atoms with Crippen LogP contribution in [0.15, 0.2) is 30.4 Å². The van der Waals surface area contributed by atoms with Gasteiger partial charge in [0.15, 0.2) is 11.5 Å². The number of benzene rings is 1. The van der Waals surface area contributed by atoms with Crippen molar-refractivity contribution in [1.82, 2.24) is 10.2 Å². The van der Waals surface area contributed by atoms with E-state index in [1.54, 1.807) is 4.90 Å². The minimum Gasteiger partial charge on any atom is -0.454 e. The van der Waals surface area contributed by atoms with Crippen molar-refractivity contribution in [2.45, 2.75) is 38.1 Å². The van der Waals surface area contributed by atoms with Crippen molar-refractivity contribution in [3.05, 3.63) is 35.9 Å². The van der Waals surface area contributed by atoms with Gasteiger partial charge in [-0.2, -0.15) is 0 Å². The first-order chi connectivity index (χ1) is 13.0. The summed E-state index contributed by atoms with van der Waals surface area (Å²) in [5.41, 5.74) is 0.280. The van der Waals surface area contributed by atoms with E-state index in [2.05, 4.69) is 5.32 Å². The lowest BCUT2D eigenvalue weighted by Crippen LogP contribution is -2.45. The number of hydrogen-bond acceptors (Lipinski definition) is 5. The molecule has 1 aromatic carbocycles. The van der Waals surface area contributed by atoms with Crippen molar-refractivity contribution in [2.24, 2.45) is 11.8 Å². The molecule has 2 saturated heterocycles. The first-order valence-electron chi connectivity index (χ1n) is 9.32. The third-order valence-corrected chi connectivity index (χ3v) is 5.72. The topological polar surface area (TPSA) is 77.1 Å². The quantitative estimate of drug-likeness (QED) is 0.807. The zero-order valence-electron chi connectivity index (χ0n) is 15.3. The van der Waals surface area contributed by atoms with Gasteiger partial charge < -0.3 is 24.4 Å². The summed E-state index contributed by atoms with van der Waals surface area (Å²) < 4.78 is 16.9. The minimum atomic E-state index is -0.683. The zero-order valence-corrected chi connectivity index (χ0v) is 15.3. The smallest absolute Gasteiger partial charge is 0.231 e. The van der Waals surface area contributed by atoms with Crippen molar-refractivity contribution in [2.75, 3.05) is 13.3 Å². The van der Waals surface area contributed by atoms with Gasteiger partial charge in [0, 0.05) is 12.6 Å². The number of carbonyl (C=O) groups excluding carboxylic acids is 2. The van der Waals surface area contributed by atoms with Crippen LogP contribution in [-0.2, 0) is 20.9 Å². The molecule has 7 heteroatoms. The Morgan fingerprint density at radius 1 is 1.33 bits per heavy atom. The van der Waals surface area contributed by atoms with Crippen LogP contribution < -0.4 is 14.8 Å². The molecule has 3 unspecified atom stereocenters. The van der Waals surface area contributed by atoms with Gasteiger partial charge in [0.2, 0.25) is 18.6 Å². The van der Waals surface area contributed by atoms with Crippen LogP contribution in [0.4, 0.5) is 0 Å². The summed E-state index contributed by atoms with van der Waals surface area (Å²) in [7, 11) is 0. The third-order valence-electron chi connectivity index (χ3n) is 5.72. The van der Waals surface area contributed by atoms with Crippen LogP contribution in [0.2, 0.25) is 0 Å². The Labute approximate surface area is 157 Å². The maximum Gasteiger partial charge on any atom is 0.231 e. The molecular weight excluding hydrogens is 348 g/mol. The summed E-state index contributed by atoms with van der Waals surface area (Å²) >= 11 is 0. The van der Waals surface area contributed by atoms with Crippen LogP contribution >= 0.6 is 0 Å². The highest BCUT2D eigenvalue weighted by Gasteiger charge is 2.66. The number of fused-ring (bicyclic) bond motifs is 2. The third kappa shape index (κ3) is 2.45. The van der Waals surface area contributed by atoms with Gasteiger partial charge >= 0.3 is 0 Å². The predicted molar refractivity (Wildman–Crippen MR) is 95.0 cm³/mol. The lowest BCUT2D eigenvalue weighted by atomic mass is 9.76. The Hall–Kier alpha value is -2.54. The summed E-state index contributed by atoms with van der Waals surface area (Å²) in [4.78, 5) is 27.7. The fourth-order valence-corrected chi connectivity index (χ4v) is 4.65. The second kappa shape index (κ2) is 5.73. The van der Waals surface area contributed by atoms with Crippen LogP contribution in [0.3, 0.4) is 0 Å². The normalized spacial score (nSPS) is 32.5. The summed E-state index contributed by atoms with van der Waals surface area (Å²) in [6, 6.07) is 5.72. The average Bonchev–Trinajstić information content (AvgIpc) is 3.35. The van der Waals surface area contributed by atoms with Crippen molar-refractivity contribution in [1.29, 1.82) is 0 Å². The molecular formula is C20H22N2O5. The van der Waals surface area contributed by atoms with Crippen LogP contribution in [0.25, 0.3) is 0 Å². The molecule has 0 saturated carbocycles. The number of nitrogens with zero attached hydrogens (tertiary/aromatic N) is 1. The van der Waals surface area contributed by atoms with E-state index in [0.29, 0.717) is 18.8 Å². The van der Waals surface area contributed by atoms with E-state index in [0.717, 1.165) is 11.3 Å². The van der Waals surface area contributed by atoms with Crippen molar-refractivity contribution in [3.63, 3.8) is 0 Å². The molecule has 1 aromatic rings. The van der Waals surface area contributed by atoms with Crippen molar-refractivity contribution >= 4 is 11.8 Å². The molecule has 5 rings (SSSR count). The molecule has 4 aliphatic heterocycles. The second-order valence-corrected chi connectivity index (χ2v) is 7.95. The Morgan fingerprint density at radius 2 is 2.15 bits per heavy atom. The van der Waals surface area contributed by atoms with Crippen LogP contribution in [0.1, 0.15) is 19.4 Å². The molecule has 142 valence electrons. The van der Waals surface area contributed by atoms with Gasteiger partial charge in [0.05, 0.1) is 24.5 Å². The highest BCUT2D eigenvalue weighted by atomic mass is 16.7. The summed E-state index contributed by atoms with van der Waals surface area (Å²) in [6.07, 6.45) is 3.59. The van der Waals surface area contributed by atoms with E-state index in [-0.39, 0.29) is 30.8 Å². The van der Waals surface area contributed by atoms with Crippen molar-refractivity contribution < 1.29 is 23.8 Å². The summed E-state index contributed by atoms with van der Waals surface area (Å²) in [6.45, 7) is 4.97. The van der Waals surface area contributed by atoms with E-state index < -0.39 is 17.4 Å². The van der Waals surface area contributed by atoms with Gasteiger partial charge in [-0.05, 0) is 31.5 Å². The minimum absolute atomic E-state index is 0.0246. The molecule has 0 aliphatic carbocycles. The van der Waals surface area contributed by atoms with E-state index in [9.17, 15) is 9.59 Å². The van der Waals surface area contributed by atoms with E-state index >= 15 is 0 Å². The van der Waals surface area contributed by atoms with Gasteiger partial charge in [0.25, 0.3) is 0 Å². The molecule has 2 fully saturated rings. The van der Waals surface area contributed by atoms with Gasteiger partial charge in [0.1, 0.15) is 5.60 Å². The molecule has 27 heavy (non-hydrogen) atoms. The predicted octanol–water partition coefficient (Wildman–Crippen LogP) is 1.22. The first-order valence-corrected chi connectivity index (χ1v) is 9.32. The molecule has 1 N–H and O–H groups in total. The monoisotopic (exact) mass is 370 g/mol. The number of hydrogen-bond donors (Lipinski definition) is 1. The Morgan fingerprint density at radius 3 is 2.96 bits per heavy atom. The van der Waals surface area contributed by atoms with Crippen LogP contribution in [0, 0.1) is 11.8 Å². The molecule has 4 atom stereocenters. The fraction of sp³-hybridized carbons (Fsp3) is 0.500. The largest absolute Gasteiger partial charge is 0.454 e. The molecule has 0 aromatic heterocycles. The number of rotatable bonds is 4. The van der Waals surface area contributed by atoms with Crippen molar-refractivity contribution in [3.8, 4) is 11.5 Å². The number of carbonyl (C=O) groups is 2. The summed E-state index contributed by atoms with van der Waals surface area (Å²) in [5, 5.41) is 2.94. The van der Waals surface area contributed by atoms with Crippen LogP contribution in [-0.4, -0.2) is 47.8 Å². The van der Waals surface area contributed by atoms with E-state index in [1.807, 2.05) is 44.2 Å². The average molecular weight is 370 g/mol. The molecule has 7 nitrogen and oxygen atoms in total. The van der Waals surface area contributed by atoms with E-state index in [1.165, 1.54) is 0 Å². The lowest BCUT2D eigenvalue weighted by Gasteiger charge is -2.24. The number of likely N-dealkylation sites (tertiary alicyclic amines) is 1. The molecule has 4 aliphatic rings. The maximum atomic E-state index is 13.2. The standard InChI is InChI=1S/C20H22N2O5/c1-11(2)21-18(23)16-14-5-6-20(27-14)9-22(19(24)17(16)20)8-12-3-4-13-15(7-12)26-10-25-13/h3-7,11,14,16-17H,8-10H2,1-2H3,(H,21,23)/t14-,16?,17?,20?/m1/s1. The molecule has 4 heterocycles. The highest BCUT2D eigenvalue weighted by Crippen LogP contribution is 2.52. The van der Waals surface area contributed by atoms with Gasteiger partial charge in [-0.15, -0.1) is 0 Å². The van der Waals surface area contributed by atoms with Gasteiger partial charge in [-0.25, -0.2) is 0 Å². The van der Waals surface area contributed by atoms with E-state index in [4.69, 9.17) is 14.2 Å². The lowest BCUT2D eigenvalue weighted by molar-refractivity contribution is -0.138. The molecule has 2 bridgehead atoms. The zero-order chi connectivity index (χ0) is 18.8. The van der Waals surface area contributed by atoms with Gasteiger partial charge in [-0.1, -0.05) is 18.2 Å². The van der Waals surface area contributed by atoms with Gasteiger partial charge in [-0.3, -0.25) is 9.59 Å². The maximum absolute atomic E-state index is 13.2. The summed E-state index contributed by atoms with van der Waals surface area (Å²) in [5.74, 6) is 0.362. The molecule has 0 radical (unpaired) electrons. The molecule has 1 spiro atoms. The Bertz CT molecular complexity index is 851. The number of nitrogens with one attached hydrogen (secondary N) is 1.